The predicted octanol–water partition coefficient (Wildman–Crippen LogP) is 1.40. The molecule has 2 saturated heterocycles. The van der Waals surface area contributed by atoms with Crippen LogP contribution in [0, 0.1) is 5.92 Å². The van der Waals surface area contributed by atoms with Crippen LogP contribution in [0.1, 0.15) is 33.1 Å². The number of rotatable bonds is 5. The lowest BCUT2D eigenvalue weighted by atomic mass is 10.0. The molecule has 0 bridgehead atoms. The lowest BCUT2D eigenvalue weighted by Crippen LogP contribution is -2.48. The molecule has 0 spiro atoms. The van der Waals surface area contributed by atoms with Gasteiger partial charge < -0.3 is 10.2 Å². The second kappa shape index (κ2) is 6.72. The molecule has 2 rings (SSSR count). The summed E-state index contributed by atoms with van der Waals surface area (Å²) in [5, 5.41) is 3.46. The number of hydrogen-bond acceptors (Lipinski definition) is 3. The van der Waals surface area contributed by atoms with Crippen LogP contribution in [-0.2, 0) is 0 Å². The molecular weight excluding hydrogens is 210 g/mol. The zero-order valence-electron chi connectivity index (χ0n) is 11.6. The summed E-state index contributed by atoms with van der Waals surface area (Å²) in [7, 11) is 0. The molecule has 0 saturated carbocycles. The van der Waals surface area contributed by atoms with E-state index in [1.807, 2.05) is 0 Å². The van der Waals surface area contributed by atoms with E-state index in [9.17, 15) is 0 Å². The van der Waals surface area contributed by atoms with Gasteiger partial charge in [0.25, 0.3) is 0 Å². The molecule has 2 aliphatic rings. The molecule has 2 fully saturated rings. The van der Waals surface area contributed by atoms with Crippen molar-refractivity contribution in [3.8, 4) is 0 Å². The normalized spacial score (nSPS) is 28.1. The highest BCUT2D eigenvalue weighted by Crippen LogP contribution is 2.15. The summed E-state index contributed by atoms with van der Waals surface area (Å²) in [5.41, 5.74) is 0. The van der Waals surface area contributed by atoms with Gasteiger partial charge in [-0.1, -0.05) is 0 Å². The number of hydrogen-bond donors (Lipinski definition) is 1. The van der Waals surface area contributed by atoms with Gasteiger partial charge in [0.05, 0.1) is 0 Å². The van der Waals surface area contributed by atoms with Crippen LogP contribution < -0.4 is 5.32 Å². The lowest BCUT2D eigenvalue weighted by Gasteiger charge is -2.37. The van der Waals surface area contributed by atoms with Crippen LogP contribution in [-0.4, -0.2) is 61.7 Å². The number of piperazine rings is 1. The van der Waals surface area contributed by atoms with Crippen LogP contribution in [0.3, 0.4) is 0 Å². The molecular formula is C14H29N3. The molecule has 0 aliphatic carbocycles. The van der Waals surface area contributed by atoms with Crippen molar-refractivity contribution in [3.05, 3.63) is 0 Å². The molecule has 3 heteroatoms. The van der Waals surface area contributed by atoms with E-state index in [4.69, 9.17) is 0 Å². The molecule has 2 heterocycles. The molecule has 100 valence electrons. The van der Waals surface area contributed by atoms with Crippen LogP contribution >= 0.6 is 0 Å². The summed E-state index contributed by atoms with van der Waals surface area (Å²) in [6, 6.07) is 0.724. The maximum atomic E-state index is 3.46. The molecule has 1 atom stereocenters. The van der Waals surface area contributed by atoms with Crippen molar-refractivity contribution in [1.82, 2.24) is 15.1 Å². The Hall–Kier alpha value is -0.120. The Bertz CT molecular complexity index is 204. The van der Waals surface area contributed by atoms with Crippen molar-refractivity contribution in [2.24, 2.45) is 5.92 Å². The SMILES string of the molecule is CC(C)N1CCN(CCCC2CCNC2)CC1. The Balaban J connectivity index is 1.55. The maximum absolute atomic E-state index is 3.46. The molecule has 0 amide bonds. The molecule has 2 aliphatic heterocycles. The fourth-order valence-electron chi connectivity index (χ4n) is 3.07. The van der Waals surface area contributed by atoms with E-state index in [2.05, 4.69) is 29.0 Å². The third kappa shape index (κ3) is 4.23. The highest BCUT2D eigenvalue weighted by molar-refractivity contribution is 4.75. The van der Waals surface area contributed by atoms with Gasteiger partial charge in [0.15, 0.2) is 0 Å². The van der Waals surface area contributed by atoms with Gasteiger partial charge in [-0.25, -0.2) is 0 Å². The minimum Gasteiger partial charge on any atom is -0.316 e. The van der Waals surface area contributed by atoms with E-state index >= 15 is 0 Å². The number of nitrogens with zero attached hydrogens (tertiary/aromatic N) is 2. The van der Waals surface area contributed by atoms with Gasteiger partial charge in [0.2, 0.25) is 0 Å². The summed E-state index contributed by atoms with van der Waals surface area (Å²) in [5.74, 6) is 0.965. The van der Waals surface area contributed by atoms with Gasteiger partial charge in [-0.2, -0.15) is 0 Å². The third-order valence-electron chi connectivity index (χ3n) is 4.39. The first-order valence-electron chi connectivity index (χ1n) is 7.43. The molecule has 0 aromatic heterocycles. The maximum Gasteiger partial charge on any atom is 0.0113 e. The minimum absolute atomic E-state index is 0.724. The summed E-state index contributed by atoms with van der Waals surface area (Å²) < 4.78 is 0. The van der Waals surface area contributed by atoms with Gasteiger partial charge in [0.1, 0.15) is 0 Å². The molecule has 0 aromatic rings. The van der Waals surface area contributed by atoms with Crippen LogP contribution in [0.4, 0.5) is 0 Å². The van der Waals surface area contributed by atoms with E-state index in [0.717, 1.165) is 12.0 Å². The quantitative estimate of drug-likeness (QED) is 0.782. The van der Waals surface area contributed by atoms with E-state index in [1.165, 1.54) is 65.1 Å². The van der Waals surface area contributed by atoms with Crippen molar-refractivity contribution in [1.29, 1.82) is 0 Å². The third-order valence-corrected chi connectivity index (χ3v) is 4.39. The average Bonchev–Trinajstić information content (AvgIpc) is 2.83. The molecule has 0 radical (unpaired) electrons. The summed E-state index contributed by atoms with van der Waals surface area (Å²) in [6.07, 6.45) is 4.23. The molecule has 1 N–H and O–H groups in total. The molecule has 3 nitrogen and oxygen atoms in total. The fourth-order valence-corrected chi connectivity index (χ4v) is 3.07. The smallest absolute Gasteiger partial charge is 0.0113 e. The Morgan fingerprint density at radius 3 is 2.53 bits per heavy atom. The highest BCUT2D eigenvalue weighted by atomic mass is 15.3. The second-order valence-electron chi connectivity index (χ2n) is 5.97. The Morgan fingerprint density at radius 2 is 1.94 bits per heavy atom. The second-order valence-corrected chi connectivity index (χ2v) is 5.97. The Morgan fingerprint density at radius 1 is 1.18 bits per heavy atom. The van der Waals surface area contributed by atoms with Crippen molar-refractivity contribution < 1.29 is 0 Å². The first-order valence-corrected chi connectivity index (χ1v) is 7.43. The Kier molecular flexibility index (Phi) is 5.26. The van der Waals surface area contributed by atoms with Gasteiger partial charge in [-0.05, 0) is 58.7 Å². The van der Waals surface area contributed by atoms with Gasteiger partial charge in [-0.3, -0.25) is 4.90 Å². The van der Waals surface area contributed by atoms with Gasteiger partial charge in [0, 0.05) is 32.2 Å². The van der Waals surface area contributed by atoms with Crippen LogP contribution in [0.15, 0.2) is 0 Å². The fraction of sp³-hybridized carbons (Fsp3) is 1.00. The predicted molar refractivity (Wildman–Crippen MR) is 73.4 cm³/mol. The van der Waals surface area contributed by atoms with E-state index in [-0.39, 0.29) is 0 Å². The average molecular weight is 239 g/mol. The highest BCUT2D eigenvalue weighted by Gasteiger charge is 2.19. The molecule has 1 unspecified atom stereocenters. The first-order chi connectivity index (χ1) is 8.25. The Labute approximate surface area is 107 Å². The monoisotopic (exact) mass is 239 g/mol. The largest absolute Gasteiger partial charge is 0.316 e. The van der Waals surface area contributed by atoms with Crippen LogP contribution in [0.25, 0.3) is 0 Å². The van der Waals surface area contributed by atoms with E-state index in [0.29, 0.717) is 0 Å². The lowest BCUT2D eigenvalue weighted by molar-refractivity contribution is 0.106. The molecule has 0 aromatic carbocycles. The summed E-state index contributed by atoms with van der Waals surface area (Å²) in [4.78, 5) is 5.25. The zero-order chi connectivity index (χ0) is 12.1. The summed E-state index contributed by atoms with van der Waals surface area (Å²) in [6.45, 7) is 13.5. The number of nitrogens with one attached hydrogen (secondary N) is 1. The molecule has 17 heavy (non-hydrogen) atoms. The van der Waals surface area contributed by atoms with Crippen molar-refractivity contribution >= 4 is 0 Å². The van der Waals surface area contributed by atoms with Crippen molar-refractivity contribution in [3.63, 3.8) is 0 Å². The topological polar surface area (TPSA) is 18.5 Å². The zero-order valence-corrected chi connectivity index (χ0v) is 11.6. The van der Waals surface area contributed by atoms with Crippen molar-refractivity contribution in [2.45, 2.75) is 39.2 Å². The van der Waals surface area contributed by atoms with Gasteiger partial charge >= 0.3 is 0 Å². The standard InChI is InChI=1S/C14H29N3/c1-13(2)17-10-8-16(9-11-17)7-3-4-14-5-6-15-12-14/h13-15H,3-12H2,1-2H3. The van der Waals surface area contributed by atoms with Gasteiger partial charge in [-0.15, -0.1) is 0 Å². The van der Waals surface area contributed by atoms with Crippen LogP contribution in [0.5, 0.6) is 0 Å². The minimum atomic E-state index is 0.724. The van der Waals surface area contributed by atoms with E-state index < -0.39 is 0 Å². The summed E-state index contributed by atoms with van der Waals surface area (Å²) >= 11 is 0. The van der Waals surface area contributed by atoms with E-state index in [1.54, 1.807) is 0 Å². The van der Waals surface area contributed by atoms with Crippen molar-refractivity contribution in [2.75, 3.05) is 45.8 Å². The van der Waals surface area contributed by atoms with Crippen LogP contribution in [0.2, 0.25) is 0 Å². The first kappa shape index (κ1) is 13.3.